The van der Waals surface area contributed by atoms with E-state index in [1.54, 1.807) is 19.5 Å². The van der Waals surface area contributed by atoms with E-state index < -0.39 is 24.8 Å². The van der Waals surface area contributed by atoms with Crippen molar-refractivity contribution in [1.82, 2.24) is 34.6 Å². The van der Waals surface area contributed by atoms with Crippen LogP contribution in [0.1, 0.15) is 83.5 Å². The van der Waals surface area contributed by atoms with Crippen LogP contribution in [0.15, 0.2) is 74.5 Å². The molecule has 1 atom stereocenters. The third-order valence-electron chi connectivity index (χ3n) is 15.1. The summed E-state index contributed by atoms with van der Waals surface area (Å²) in [6, 6.07) is 17.7. The summed E-state index contributed by atoms with van der Waals surface area (Å²) in [5, 5.41) is 10.8. The number of nitrogens with one attached hydrogen (secondary N) is 3. The number of aryl methyl sites for hydroxylation is 2. The zero-order valence-corrected chi connectivity index (χ0v) is 46.1. The number of carbonyl (C=O) groups excluding carboxylic acids is 2. The van der Waals surface area contributed by atoms with E-state index in [-0.39, 0.29) is 0 Å². The van der Waals surface area contributed by atoms with Gasteiger partial charge in [-0.25, -0.2) is 9.78 Å². The SMILES string of the molecule is CCCC(C(=O)NC=O)n1c(=O)oc2c(N3CCC(CN4CCN(C5CCN(c6cc(OCC)c(Nc7ncc(Br)c(Nc8ccc9nc(CC)ccc9c8P(C)(C)=O)n7)cc6CC)CC5)CC4)CC3)cccc21. The second kappa shape index (κ2) is 23.4. The predicted octanol–water partition coefficient (Wildman–Crippen LogP) is 9.07. The molecule has 3 aromatic heterocycles. The van der Waals surface area contributed by atoms with Crippen molar-refractivity contribution in [3.05, 3.63) is 87.1 Å². The molecule has 6 heterocycles. The van der Waals surface area contributed by atoms with E-state index in [1.165, 1.54) is 15.8 Å². The second-order valence-electron chi connectivity index (χ2n) is 20.2. The van der Waals surface area contributed by atoms with Crippen LogP contribution >= 0.6 is 23.1 Å². The van der Waals surface area contributed by atoms with Crippen LogP contribution in [0.3, 0.4) is 0 Å². The number of carbonyl (C=O) groups is 2. The Labute approximate surface area is 442 Å². The van der Waals surface area contributed by atoms with Gasteiger partial charge >= 0.3 is 5.76 Å². The van der Waals surface area contributed by atoms with Gasteiger partial charge in [0.2, 0.25) is 18.3 Å². The molecule has 0 saturated carbocycles. The van der Waals surface area contributed by atoms with Crippen LogP contribution in [-0.2, 0) is 27.0 Å². The van der Waals surface area contributed by atoms with Crippen molar-refractivity contribution < 1.29 is 23.3 Å². The quantitative estimate of drug-likeness (QED) is 0.0515. The Morgan fingerprint density at radius 1 is 0.878 bits per heavy atom. The lowest BCUT2D eigenvalue weighted by Gasteiger charge is -2.44. The number of piperazine rings is 1. The molecule has 394 valence electrons. The summed E-state index contributed by atoms with van der Waals surface area (Å²) in [5.41, 5.74) is 7.71. The number of piperidine rings is 2. The van der Waals surface area contributed by atoms with E-state index >= 15 is 0 Å². The van der Waals surface area contributed by atoms with E-state index in [9.17, 15) is 18.9 Å². The molecule has 1 unspecified atom stereocenters. The molecule has 0 aliphatic carbocycles. The fourth-order valence-electron chi connectivity index (χ4n) is 11.3. The third-order valence-corrected chi connectivity index (χ3v) is 17.2. The van der Waals surface area contributed by atoms with Gasteiger partial charge in [0.15, 0.2) is 5.58 Å². The normalized spacial score (nSPS) is 17.0. The molecule has 0 radical (unpaired) electrons. The highest BCUT2D eigenvalue weighted by Crippen LogP contribution is 2.43. The average molecular weight is 1090 g/mol. The molecule has 3 aliphatic heterocycles. The van der Waals surface area contributed by atoms with Gasteiger partial charge in [-0.15, -0.1) is 0 Å². The van der Waals surface area contributed by atoms with E-state index in [0.29, 0.717) is 70.8 Å². The van der Waals surface area contributed by atoms with Crippen molar-refractivity contribution in [2.45, 2.75) is 91.1 Å². The van der Waals surface area contributed by atoms with Gasteiger partial charge in [0.25, 0.3) is 0 Å². The minimum atomic E-state index is -2.74. The molecular formula is C55H71BrN11O6P. The Morgan fingerprint density at radius 3 is 2.31 bits per heavy atom. The summed E-state index contributed by atoms with van der Waals surface area (Å²) in [4.78, 5) is 61.6. The van der Waals surface area contributed by atoms with Gasteiger partial charge in [-0.3, -0.25) is 29.4 Å². The summed E-state index contributed by atoms with van der Waals surface area (Å²) in [7, 11) is -2.74. The fourth-order valence-corrected chi connectivity index (χ4v) is 13.1. The standard InChI is InChI=1S/C55H71BrN11O6P/c1-7-12-47(53(69)58-35-68)67-46-14-11-13-45(50(46)73-55(67)70)65-23-19-36(20-24-65)34-63-27-29-64(30-28-63)39-21-25-66(26-22-39)48-32-49(72-10-4)44(31-37(48)8-2)61-54-57-33-41(56)52(62-54)60-43-18-17-42-40(51(43)74(5,6)71)16-15-38(9-3)59-42/h11,13-18,31-33,35-36,39,47H,7-10,12,19-30,34H2,1-6H3,(H,58,68,69)(H2,57,60,61,62). The maximum absolute atomic E-state index is 13.8. The molecular weight excluding hydrogens is 1020 g/mol. The Balaban J connectivity index is 0.790. The number of halogens is 1. The summed E-state index contributed by atoms with van der Waals surface area (Å²) in [6.07, 6.45) is 9.15. The Bertz CT molecular complexity index is 3080. The molecule has 3 aromatic carbocycles. The molecule has 19 heteroatoms. The molecule has 0 bridgehead atoms. The van der Waals surface area contributed by atoms with E-state index in [2.05, 4.69) is 82.4 Å². The van der Waals surface area contributed by atoms with Gasteiger partial charge in [0, 0.05) is 99.3 Å². The van der Waals surface area contributed by atoms with Crippen LogP contribution < -0.4 is 41.5 Å². The lowest BCUT2D eigenvalue weighted by molar-refractivity contribution is -0.128. The molecule has 3 fully saturated rings. The zero-order chi connectivity index (χ0) is 52.1. The highest BCUT2D eigenvalue weighted by molar-refractivity contribution is 9.10. The molecule has 3 saturated heterocycles. The van der Waals surface area contributed by atoms with Crippen LogP contribution in [0.5, 0.6) is 5.75 Å². The number of pyridine rings is 1. The molecule has 3 aliphatic rings. The number of ether oxygens (including phenoxy) is 1. The first-order valence-corrected chi connectivity index (χ1v) is 29.9. The first-order chi connectivity index (χ1) is 35.8. The smallest absolute Gasteiger partial charge is 0.420 e. The minimum Gasteiger partial charge on any atom is -0.492 e. The second-order valence-corrected chi connectivity index (χ2v) is 24.2. The van der Waals surface area contributed by atoms with Crippen LogP contribution in [0, 0.1) is 5.92 Å². The summed E-state index contributed by atoms with van der Waals surface area (Å²) < 4.78 is 28.0. The van der Waals surface area contributed by atoms with Crippen molar-refractivity contribution in [2.24, 2.45) is 5.92 Å². The Kier molecular flexibility index (Phi) is 16.8. The summed E-state index contributed by atoms with van der Waals surface area (Å²) >= 11 is 3.65. The number of hydrogen-bond donors (Lipinski definition) is 3. The van der Waals surface area contributed by atoms with Gasteiger partial charge < -0.3 is 39.1 Å². The number of benzene rings is 3. The molecule has 9 rings (SSSR count). The number of fused-ring (bicyclic) bond motifs is 2. The van der Waals surface area contributed by atoms with Gasteiger partial charge in [0.05, 0.1) is 39.2 Å². The van der Waals surface area contributed by atoms with Crippen molar-refractivity contribution >= 4 is 97.2 Å². The monoisotopic (exact) mass is 1090 g/mol. The number of rotatable bonds is 19. The van der Waals surface area contributed by atoms with Crippen molar-refractivity contribution in [3.8, 4) is 5.75 Å². The van der Waals surface area contributed by atoms with Crippen molar-refractivity contribution in [3.63, 3.8) is 0 Å². The molecule has 2 amide bonds. The van der Waals surface area contributed by atoms with Gasteiger partial charge in [-0.05, 0) is 129 Å². The fraction of sp³-hybridized carbons (Fsp3) is 0.491. The maximum atomic E-state index is 13.8. The number of imide groups is 1. The van der Waals surface area contributed by atoms with Gasteiger partial charge in [-0.2, -0.15) is 4.98 Å². The first kappa shape index (κ1) is 53.0. The minimum absolute atomic E-state index is 0.361. The third kappa shape index (κ3) is 11.5. The highest BCUT2D eigenvalue weighted by atomic mass is 79.9. The number of para-hydroxylation sites is 1. The first-order valence-electron chi connectivity index (χ1n) is 26.5. The van der Waals surface area contributed by atoms with Crippen LogP contribution in [0.2, 0.25) is 0 Å². The number of oxazole rings is 1. The summed E-state index contributed by atoms with van der Waals surface area (Å²) in [5.74, 6) is 1.19. The average Bonchev–Trinajstić information content (AvgIpc) is 3.74. The predicted molar refractivity (Wildman–Crippen MR) is 300 cm³/mol. The maximum Gasteiger partial charge on any atom is 0.420 e. The largest absolute Gasteiger partial charge is 0.492 e. The van der Waals surface area contributed by atoms with Gasteiger partial charge in [-0.1, -0.05) is 39.3 Å². The highest BCUT2D eigenvalue weighted by Gasteiger charge is 2.32. The molecule has 6 aromatic rings. The summed E-state index contributed by atoms with van der Waals surface area (Å²) in [6.45, 7) is 21.4. The topological polar surface area (TPSA) is 183 Å². The Hall–Kier alpha value is -5.81. The van der Waals surface area contributed by atoms with E-state index in [0.717, 1.165) is 136 Å². The Morgan fingerprint density at radius 2 is 1.62 bits per heavy atom. The molecule has 74 heavy (non-hydrogen) atoms. The van der Waals surface area contributed by atoms with E-state index in [1.807, 2.05) is 56.3 Å². The molecule has 0 spiro atoms. The van der Waals surface area contributed by atoms with Gasteiger partial charge in [0.1, 0.15) is 24.8 Å². The molecule has 17 nitrogen and oxygen atoms in total. The van der Waals surface area contributed by atoms with Crippen molar-refractivity contribution in [2.75, 3.05) is 99.3 Å². The van der Waals surface area contributed by atoms with Crippen molar-refractivity contribution in [1.29, 1.82) is 0 Å². The number of nitrogens with zero attached hydrogens (tertiary/aromatic N) is 8. The van der Waals surface area contributed by atoms with Crippen LogP contribution in [-0.4, -0.2) is 127 Å². The number of amides is 2. The van der Waals surface area contributed by atoms with Crippen LogP contribution in [0.4, 0.5) is 34.5 Å². The number of aromatic nitrogens is 4. The lowest BCUT2D eigenvalue weighted by Crippen LogP contribution is -2.54. The zero-order valence-electron chi connectivity index (χ0n) is 43.7. The van der Waals surface area contributed by atoms with Crippen LogP contribution in [0.25, 0.3) is 22.0 Å². The van der Waals surface area contributed by atoms with E-state index in [4.69, 9.17) is 19.1 Å². The number of hydrogen-bond acceptors (Lipinski definition) is 15. The lowest BCUT2D eigenvalue weighted by atomic mass is 9.95. The number of anilines is 6. The molecule has 3 N–H and O–H groups in total.